The average Bonchev–Trinajstić information content (AvgIpc) is 2.56. The predicted octanol–water partition coefficient (Wildman–Crippen LogP) is 1.45. The van der Waals surface area contributed by atoms with Crippen LogP contribution in [0.4, 0.5) is 11.8 Å². The number of rotatable bonds is 4. The summed E-state index contributed by atoms with van der Waals surface area (Å²) in [5, 5.41) is 10.6. The van der Waals surface area contributed by atoms with Gasteiger partial charge in [0.1, 0.15) is 5.82 Å². The summed E-state index contributed by atoms with van der Waals surface area (Å²) in [6, 6.07) is 1.82. The van der Waals surface area contributed by atoms with Gasteiger partial charge in [-0.05, 0) is 18.6 Å². The summed E-state index contributed by atoms with van der Waals surface area (Å²) >= 11 is 0. The van der Waals surface area contributed by atoms with Crippen molar-refractivity contribution in [1.29, 1.82) is 0 Å². The van der Waals surface area contributed by atoms with Gasteiger partial charge in [0.25, 0.3) is 0 Å². The molecule has 0 spiro atoms. The lowest BCUT2D eigenvalue weighted by Crippen LogP contribution is -2.24. The highest BCUT2D eigenvalue weighted by molar-refractivity contribution is 5.62. The van der Waals surface area contributed by atoms with Gasteiger partial charge in [-0.1, -0.05) is 0 Å². The third-order valence-electron chi connectivity index (χ3n) is 4.25. The van der Waals surface area contributed by atoms with Crippen LogP contribution in [0, 0.1) is 0 Å². The molecule has 134 valence electrons. The first-order valence-electron chi connectivity index (χ1n) is 7.93. The van der Waals surface area contributed by atoms with E-state index in [4.69, 9.17) is 25.7 Å². The van der Waals surface area contributed by atoms with E-state index in [0.29, 0.717) is 47.0 Å². The number of hydrogen-bond acceptors (Lipinski definition) is 8. The molecular weight excluding hydrogens is 324 g/mol. The molecule has 1 aromatic carbocycles. The van der Waals surface area contributed by atoms with Crippen LogP contribution in [0.5, 0.6) is 17.2 Å². The number of nitrogen functional groups attached to an aromatic ring is 2. The SMILES string of the molecule is COc1cc(Cc2cnc(N)nc2N)c2c(c1OC)OC(C)CC2O. The standard InChI is InChI=1S/C17H22N4O4/c1-8-4-11(22)13-9(5-10-7-20-17(19)21-16(10)18)6-12(23-2)14(24-3)15(13)25-8/h6-8,11,22H,4-5H2,1-3H3,(H4,18,19,20,21). The minimum atomic E-state index is -0.676. The van der Waals surface area contributed by atoms with Crippen LogP contribution in [0.2, 0.25) is 0 Å². The Morgan fingerprint density at radius 2 is 2.04 bits per heavy atom. The number of benzene rings is 1. The van der Waals surface area contributed by atoms with Crippen molar-refractivity contribution in [2.24, 2.45) is 0 Å². The molecule has 0 aliphatic carbocycles. The maximum absolute atomic E-state index is 10.6. The summed E-state index contributed by atoms with van der Waals surface area (Å²) in [5.74, 6) is 1.90. The molecule has 0 saturated heterocycles. The van der Waals surface area contributed by atoms with Crippen LogP contribution in [0.3, 0.4) is 0 Å². The quantitative estimate of drug-likeness (QED) is 0.759. The molecule has 0 radical (unpaired) electrons. The van der Waals surface area contributed by atoms with Crippen LogP contribution in [-0.2, 0) is 6.42 Å². The zero-order valence-electron chi connectivity index (χ0n) is 14.4. The molecule has 0 fully saturated rings. The Morgan fingerprint density at radius 1 is 1.28 bits per heavy atom. The van der Waals surface area contributed by atoms with Gasteiger partial charge in [-0.15, -0.1) is 0 Å². The highest BCUT2D eigenvalue weighted by Crippen LogP contribution is 2.49. The maximum atomic E-state index is 10.6. The van der Waals surface area contributed by atoms with Crippen molar-refractivity contribution < 1.29 is 19.3 Å². The number of nitrogens with two attached hydrogens (primary N) is 2. The van der Waals surface area contributed by atoms with E-state index in [2.05, 4.69) is 9.97 Å². The second-order valence-electron chi connectivity index (χ2n) is 6.01. The lowest BCUT2D eigenvalue weighted by Gasteiger charge is -2.31. The minimum Gasteiger partial charge on any atom is -0.493 e. The van der Waals surface area contributed by atoms with E-state index in [9.17, 15) is 5.11 Å². The van der Waals surface area contributed by atoms with E-state index in [1.54, 1.807) is 20.4 Å². The Balaban J connectivity index is 2.14. The van der Waals surface area contributed by atoms with Crippen LogP contribution in [0.25, 0.3) is 0 Å². The first kappa shape index (κ1) is 17.1. The zero-order valence-corrected chi connectivity index (χ0v) is 14.4. The Bertz CT molecular complexity index is 797. The Kier molecular flexibility index (Phi) is 4.54. The minimum absolute atomic E-state index is 0.118. The van der Waals surface area contributed by atoms with Crippen molar-refractivity contribution in [3.8, 4) is 17.2 Å². The van der Waals surface area contributed by atoms with Gasteiger partial charge >= 0.3 is 0 Å². The van der Waals surface area contributed by atoms with Gasteiger partial charge in [-0.2, -0.15) is 4.98 Å². The van der Waals surface area contributed by atoms with Gasteiger partial charge in [0.05, 0.1) is 26.4 Å². The maximum Gasteiger partial charge on any atom is 0.221 e. The topological polar surface area (TPSA) is 126 Å². The summed E-state index contributed by atoms with van der Waals surface area (Å²) in [7, 11) is 3.09. The summed E-state index contributed by atoms with van der Waals surface area (Å²) in [4.78, 5) is 7.98. The molecular formula is C17H22N4O4. The van der Waals surface area contributed by atoms with Crippen LogP contribution >= 0.6 is 0 Å². The van der Waals surface area contributed by atoms with Gasteiger partial charge in [-0.25, -0.2) is 4.98 Å². The highest BCUT2D eigenvalue weighted by atomic mass is 16.5. The fraction of sp³-hybridized carbons (Fsp3) is 0.412. The van der Waals surface area contributed by atoms with Crippen LogP contribution in [0.1, 0.15) is 36.1 Å². The number of aliphatic hydroxyl groups excluding tert-OH is 1. The van der Waals surface area contributed by atoms with E-state index in [-0.39, 0.29) is 12.1 Å². The van der Waals surface area contributed by atoms with Crippen molar-refractivity contribution in [2.75, 3.05) is 25.7 Å². The monoisotopic (exact) mass is 346 g/mol. The molecule has 2 atom stereocenters. The molecule has 2 heterocycles. The summed E-state index contributed by atoms with van der Waals surface area (Å²) < 4.78 is 16.8. The van der Waals surface area contributed by atoms with Crippen molar-refractivity contribution in [3.05, 3.63) is 29.0 Å². The normalized spacial score (nSPS) is 19.0. The fourth-order valence-corrected chi connectivity index (χ4v) is 3.11. The average molecular weight is 346 g/mol. The van der Waals surface area contributed by atoms with Gasteiger partial charge < -0.3 is 30.8 Å². The number of hydrogen-bond donors (Lipinski definition) is 3. The van der Waals surface area contributed by atoms with Gasteiger partial charge in [0.2, 0.25) is 11.7 Å². The first-order valence-corrected chi connectivity index (χ1v) is 7.93. The zero-order chi connectivity index (χ0) is 18.1. The number of aromatic nitrogens is 2. The predicted molar refractivity (Wildman–Crippen MR) is 92.9 cm³/mol. The fourth-order valence-electron chi connectivity index (χ4n) is 3.11. The van der Waals surface area contributed by atoms with Crippen LogP contribution in [0.15, 0.2) is 12.3 Å². The lowest BCUT2D eigenvalue weighted by molar-refractivity contribution is 0.0709. The Hall–Kier alpha value is -2.74. The molecule has 1 aliphatic heterocycles. The number of ether oxygens (including phenoxy) is 3. The van der Waals surface area contributed by atoms with Crippen molar-refractivity contribution in [3.63, 3.8) is 0 Å². The lowest BCUT2D eigenvalue weighted by atomic mass is 9.91. The second-order valence-corrected chi connectivity index (χ2v) is 6.01. The van der Waals surface area contributed by atoms with Crippen molar-refractivity contribution >= 4 is 11.8 Å². The molecule has 8 heteroatoms. The highest BCUT2D eigenvalue weighted by Gasteiger charge is 2.32. The van der Waals surface area contributed by atoms with Crippen molar-refractivity contribution in [1.82, 2.24) is 9.97 Å². The van der Waals surface area contributed by atoms with Gasteiger partial charge in [0.15, 0.2) is 11.5 Å². The summed E-state index contributed by atoms with van der Waals surface area (Å²) in [6.07, 6.45) is 1.66. The van der Waals surface area contributed by atoms with E-state index in [1.165, 1.54) is 0 Å². The summed E-state index contributed by atoms with van der Waals surface area (Å²) in [5.41, 5.74) is 13.7. The second kappa shape index (κ2) is 6.64. The molecule has 0 bridgehead atoms. The molecule has 5 N–H and O–H groups in total. The molecule has 2 aromatic rings. The number of aliphatic hydroxyl groups is 1. The van der Waals surface area contributed by atoms with Crippen LogP contribution < -0.4 is 25.7 Å². The Morgan fingerprint density at radius 3 is 2.68 bits per heavy atom. The Labute approximate surface area is 145 Å². The van der Waals surface area contributed by atoms with E-state index < -0.39 is 6.10 Å². The number of methoxy groups -OCH3 is 2. The van der Waals surface area contributed by atoms with E-state index in [1.807, 2.05) is 13.0 Å². The first-order chi connectivity index (χ1) is 11.9. The van der Waals surface area contributed by atoms with Gasteiger partial charge in [0, 0.05) is 30.2 Å². The molecule has 25 heavy (non-hydrogen) atoms. The third-order valence-corrected chi connectivity index (χ3v) is 4.25. The van der Waals surface area contributed by atoms with E-state index in [0.717, 1.165) is 5.56 Å². The smallest absolute Gasteiger partial charge is 0.221 e. The van der Waals surface area contributed by atoms with E-state index >= 15 is 0 Å². The number of anilines is 2. The van der Waals surface area contributed by atoms with Gasteiger partial charge in [-0.3, -0.25) is 0 Å². The molecule has 2 unspecified atom stereocenters. The molecule has 0 saturated carbocycles. The molecule has 1 aromatic heterocycles. The molecule has 0 amide bonds. The van der Waals surface area contributed by atoms with Crippen molar-refractivity contribution in [2.45, 2.75) is 32.0 Å². The largest absolute Gasteiger partial charge is 0.493 e. The number of fused-ring (bicyclic) bond motifs is 1. The molecule has 1 aliphatic rings. The number of nitrogens with zero attached hydrogens (tertiary/aromatic N) is 2. The van der Waals surface area contributed by atoms with Crippen LogP contribution in [-0.4, -0.2) is 35.4 Å². The third kappa shape index (κ3) is 3.12. The molecule has 3 rings (SSSR count). The summed E-state index contributed by atoms with van der Waals surface area (Å²) in [6.45, 7) is 1.90. The molecule has 8 nitrogen and oxygen atoms in total.